The Morgan fingerprint density at radius 2 is 1.77 bits per heavy atom. The van der Waals surface area contributed by atoms with Crippen LogP contribution in [0.2, 0.25) is 0 Å². The number of hydrogen-bond donors (Lipinski definition) is 3. The molecule has 3 aliphatic carbocycles. The van der Waals surface area contributed by atoms with Crippen molar-refractivity contribution in [1.82, 2.24) is 9.80 Å². The minimum Gasteiger partial charge on any atom is -0.507 e. The minimum absolute atomic E-state index is 0.00794. The average Bonchev–Trinajstić information content (AvgIpc) is 2.90. The van der Waals surface area contributed by atoms with Gasteiger partial charge in [0.15, 0.2) is 34.7 Å². The minimum atomic E-state index is -2.74. The number of benzene rings is 2. The lowest BCUT2D eigenvalue weighted by atomic mass is 9.52. The zero-order chi connectivity index (χ0) is 31.5. The Morgan fingerprint density at radius 1 is 1.07 bits per heavy atom. The van der Waals surface area contributed by atoms with Gasteiger partial charge in [-0.1, -0.05) is 38.1 Å². The lowest BCUT2D eigenvalue weighted by molar-refractivity contribution is -0.181. The maximum atomic E-state index is 14.0. The first-order valence-corrected chi connectivity index (χ1v) is 14.7. The Hall–Kier alpha value is -3.73. The van der Waals surface area contributed by atoms with Crippen LogP contribution >= 0.6 is 0 Å². The molecule has 2 aromatic carbocycles. The molecule has 6 atom stereocenters. The molecule has 2 fully saturated rings. The molecule has 228 valence electrons. The van der Waals surface area contributed by atoms with Crippen LogP contribution in [-0.4, -0.2) is 88.4 Å². The largest absolute Gasteiger partial charge is 0.507 e. The summed E-state index contributed by atoms with van der Waals surface area (Å²) < 4.78 is 0. The van der Waals surface area contributed by atoms with Crippen LogP contribution in [0.3, 0.4) is 0 Å². The zero-order valence-corrected chi connectivity index (χ0v) is 25.2. The highest BCUT2D eigenvalue weighted by Gasteiger charge is 2.69. The number of ketones is 4. The number of phenols is 1. The summed E-state index contributed by atoms with van der Waals surface area (Å²) in [6.07, 6.45) is 0.228. The van der Waals surface area contributed by atoms with Crippen LogP contribution in [0.5, 0.6) is 5.75 Å². The molecule has 0 aromatic heterocycles. The van der Waals surface area contributed by atoms with Crippen molar-refractivity contribution in [3.8, 4) is 16.9 Å². The number of likely N-dealkylation sites (N-methyl/N-ethyl adjacent to an activating group) is 1. The number of nitrogens with two attached hydrogens (primary N) is 1. The molecule has 1 amide bonds. The highest BCUT2D eigenvalue weighted by molar-refractivity contribution is 6.32. The Balaban J connectivity index is 1.58. The van der Waals surface area contributed by atoms with Gasteiger partial charge in [0.05, 0.1) is 17.5 Å². The first kappa shape index (κ1) is 30.7. The zero-order valence-electron chi connectivity index (χ0n) is 25.2. The van der Waals surface area contributed by atoms with E-state index in [1.165, 1.54) is 11.0 Å². The van der Waals surface area contributed by atoms with Crippen LogP contribution in [0, 0.1) is 29.6 Å². The number of nitrogens with zero attached hydrogens (tertiary/aromatic N) is 2. The number of amides is 1. The summed E-state index contributed by atoms with van der Waals surface area (Å²) in [6, 6.07) is 10.0. The molecule has 0 radical (unpaired) electrons. The van der Waals surface area contributed by atoms with Crippen LogP contribution in [0.15, 0.2) is 36.4 Å². The molecular formula is C33H39N3O7. The topological polar surface area (TPSA) is 158 Å². The molecule has 5 rings (SSSR count). The summed E-state index contributed by atoms with van der Waals surface area (Å²) in [6.45, 7) is 5.97. The van der Waals surface area contributed by atoms with E-state index in [2.05, 4.69) is 31.9 Å². The molecule has 0 spiro atoms. The predicted octanol–water partition coefficient (Wildman–Crippen LogP) is 1.62. The van der Waals surface area contributed by atoms with Crippen molar-refractivity contribution in [2.24, 2.45) is 35.3 Å². The van der Waals surface area contributed by atoms with Crippen LogP contribution < -0.4 is 5.73 Å². The molecule has 0 saturated heterocycles. The lowest BCUT2D eigenvalue weighted by Gasteiger charge is -2.52. The van der Waals surface area contributed by atoms with Crippen LogP contribution in [0.4, 0.5) is 0 Å². The van der Waals surface area contributed by atoms with Gasteiger partial charge >= 0.3 is 0 Å². The number of carbonyl (C=O) groups excluding carboxylic acids is 5. The monoisotopic (exact) mass is 589 g/mol. The summed E-state index contributed by atoms with van der Waals surface area (Å²) >= 11 is 0. The third kappa shape index (κ3) is 4.91. The van der Waals surface area contributed by atoms with Crippen molar-refractivity contribution in [3.05, 3.63) is 53.1 Å². The van der Waals surface area contributed by atoms with Gasteiger partial charge < -0.3 is 20.8 Å². The summed E-state index contributed by atoms with van der Waals surface area (Å²) in [7, 11) is 5.19. The van der Waals surface area contributed by atoms with Crippen LogP contribution in [0.1, 0.15) is 41.8 Å². The second-order valence-electron chi connectivity index (χ2n) is 13.1. The van der Waals surface area contributed by atoms with Crippen molar-refractivity contribution in [3.63, 3.8) is 0 Å². The van der Waals surface area contributed by atoms with Crippen molar-refractivity contribution in [2.45, 2.75) is 44.9 Å². The SMILES string of the molecule is CC(C)CN(C)Cc1cccc(-c2ccc(O)c3c2C[C@H]2C[C@H]4[C@H](N(C)C)C(=O)C(C(N)=O)C(=O)[C@@]4(O)C(=O)C2C3=O)c1. The number of aromatic hydroxyl groups is 1. The van der Waals surface area contributed by atoms with Gasteiger partial charge in [-0.05, 0) is 80.2 Å². The first-order valence-electron chi connectivity index (χ1n) is 14.7. The standard InChI is InChI=1S/C33H39N3O7/c1-16(2)14-36(5)15-17-7-6-8-18(11-17)20-9-10-23(37)25-21(20)12-19-13-22-27(35(3)4)29(39)26(32(34)42)31(41)33(22,43)30(40)24(19)28(25)38/h6-11,16,19,22,24,26-27,37,43H,12-15H2,1-5H3,(H2,34,42)/t19-,22-,24?,26?,27-,33-/m0/s1. The smallest absolute Gasteiger partial charge is 0.235 e. The fourth-order valence-corrected chi connectivity index (χ4v) is 7.71. The Labute approximate surface area is 250 Å². The quantitative estimate of drug-likeness (QED) is 0.408. The fourth-order valence-electron chi connectivity index (χ4n) is 7.71. The number of primary amides is 1. The highest BCUT2D eigenvalue weighted by Crippen LogP contribution is 2.51. The van der Waals surface area contributed by atoms with Crippen molar-refractivity contribution in [1.29, 1.82) is 0 Å². The van der Waals surface area contributed by atoms with E-state index in [1.807, 2.05) is 18.2 Å². The van der Waals surface area contributed by atoms with Gasteiger partial charge in [-0.2, -0.15) is 0 Å². The summed E-state index contributed by atoms with van der Waals surface area (Å²) in [5.41, 5.74) is 5.91. The summed E-state index contributed by atoms with van der Waals surface area (Å²) in [4.78, 5) is 70.7. The van der Waals surface area contributed by atoms with Gasteiger partial charge in [0.1, 0.15) is 5.75 Å². The number of carbonyl (C=O) groups is 5. The Kier molecular flexibility index (Phi) is 7.91. The van der Waals surface area contributed by atoms with Crippen molar-refractivity contribution < 1.29 is 34.2 Å². The van der Waals surface area contributed by atoms with Gasteiger partial charge in [0.2, 0.25) is 5.91 Å². The molecule has 3 aliphatic rings. The van der Waals surface area contributed by atoms with Crippen molar-refractivity contribution in [2.75, 3.05) is 27.7 Å². The van der Waals surface area contributed by atoms with E-state index >= 15 is 0 Å². The normalized spacial score (nSPS) is 28.7. The molecule has 10 nitrogen and oxygen atoms in total. The molecule has 43 heavy (non-hydrogen) atoms. The molecule has 2 unspecified atom stereocenters. The van der Waals surface area contributed by atoms with Gasteiger partial charge in [-0.15, -0.1) is 0 Å². The van der Waals surface area contributed by atoms with E-state index in [9.17, 15) is 34.2 Å². The van der Waals surface area contributed by atoms with E-state index in [4.69, 9.17) is 5.73 Å². The molecule has 4 N–H and O–H groups in total. The molecule has 10 heteroatoms. The fraction of sp³-hybridized carbons (Fsp3) is 0.485. The van der Waals surface area contributed by atoms with Gasteiger partial charge in [0.25, 0.3) is 0 Å². The third-order valence-electron chi connectivity index (χ3n) is 9.31. The van der Waals surface area contributed by atoms with E-state index in [0.717, 1.165) is 29.8 Å². The Morgan fingerprint density at radius 3 is 2.40 bits per heavy atom. The van der Waals surface area contributed by atoms with Crippen LogP contribution in [0.25, 0.3) is 11.1 Å². The molecular weight excluding hydrogens is 550 g/mol. The maximum Gasteiger partial charge on any atom is 0.235 e. The van der Waals surface area contributed by atoms with E-state index < -0.39 is 64.4 Å². The molecule has 0 aliphatic heterocycles. The number of rotatable bonds is 7. The van der Waals surface area contributed by atoms with Crippen LogP contribution in [-0.2, 0) is 32.1 Å². The number of Topliss-reactive ketones (excluding diaryl/α,β-unsaturated/α-hetero) is 4. The van der Waals surface area contributed by atoms with E-state index in [1.54, 1.807) is 20.2 Å². The van der Waals surface area contributed by atoms with Crippen molar-refractivity contribution >= 4 is 29.0 Å². The predicted molar refractivity (Wildman–Crippen MR) is 158 cm³/mol. The summed E-state index contributed by atoms with van der Waals surface area (Å²) in [5.74, 6) is -9.99. The molecule has 0 heterocycles. The lowest BCUT2D eigenvalue weighted by Crippen LogP contribution is -2.74. The second-order valence-corrected chi connectivity index (χ2v) is 13.1. The van der Waals surface area contributed by atoms with Gasteiger partial charge in [0, 0.05) is 19.0 Å². The third-order valence-corrected chi connectivity index (χ3v) is 9.31. The molecule has 0 bridgehead atoms. The number of phenolic OH excluding ortho intramolecular Hbond substituents is 1. The molecule has 2 saturated carbocycles. The second kappa shape index (κ2) is 11.1. The van der Waals surface area contributed by atoms with Gasteiger partial charge in [-0.3, -0.25) is 28.9 Å². The average molecular weight is 590 g/mol. The first-order chi connectivity index (χ1) is 20.2. The van der Waals surface area contributed by atoms with Gasteiger partial charge in [-0.25, -0.2) is 0 Å². The maximum absolute atomic E-state index is 14.0. The Bertz CT molecular complexity index is 1530. The number of hydrogen-bond acceptors (Lipinski definition) is 9. The number of aliphatic hydroxyl groups is 1. The highest BCUT2D eigenvalue weighted by atomic mass is 16.3. The summed E-state index contributed by atoms with van der Waals surface area (Å²) in [5, 5.41) is 22.6. The van der Waals surface area contributed by atoms with E-state index in [0.29, 0.717) is 11.5 Å². The molecule has 2 aromatic rings. The van der Waals surface area contributed by atoms with E-state index in [-0.39, 0.29) is 24.2 Å². The number of fused-ring (bicyclic) bond motifs is 3.